The van der Waals surface area contributed by atoms with Crippen molar-refractivity contribution < 1.29 is 4.39 Å². The van der Waals surface area contributed by atoms with Crippen molar-refractivity contribution in [3.8, 4) is 0 Å². The summed E-state index contributed by atoms with van der Waals surface area (Å²) >= 11 is 11.9. The van der Waals surface area contributed by atoms with Gasteiger partial charge in [-0.25, -0.2) is 4.39 Å². The summed E-state index contributed by atoms with van der Waals surface area (Å²) in [5.74, 6) is -0.399. The fraction of sp³-hybridized carbons (Fsp3) is 0. The molecule has 3 heteroatoms. The molecule has 17 heavy (non-hydrogen) atoms. The summed E-state index contributed by atoms with van der Waals surface area (Å²) in [6.45, 7) is 0. The van der Waals surface area contributed by atoms with Crippen LogP contribution < -0.4 is 0 Å². The number of benzene rings is 2. The van der Waals surface area contributed by atoms with Gasteiger partial charge in [0.1, 0.15) is 5.83 Å². The maximum absolute atomic E-state index is 14.0. The Morgan fingerprint density at radius 2 is 1.47 bits per heavy atom. The Labute approximate surface area is 109 Å². The molecule has 0 aromatic heterocycles. The Morgan fingerprint density at radius 3 is 2.12 bits per heavy atom. The quantitative estimate of drug-likeness (QED) is 0.633. The topological polar surface area (TPSA) is 0 Å². The van der Waals surface area contributed by atoms with Crippen LogP contribution >= 0.6 is 23.2 Å². The first-order valence-corrected chi connectivity index (χ1v) is 5.80. The van der Waals surface area contributed by atoms with Crippen LogP contribution in [0.4, 0.5) is 4.39 Å². The van der Waals surface area contributed by atoms with E-state index in [2.05, 4.69) is 0 Å². The predicted octanol–water partition coefficient (Wildman–Crippen LogP) is 5.46. The molecule has 0 amide bonds. The van der Waals surface area contributed by atoms with Crippen molar-refractivity contribution in [2.45, 2.75) is 0 Å². The van der Waals surface area contributed by atoms with Crippen molar-refractivity contribution in [2.75, 3.05) is 0 Å². The highest BCUT2D eigenvalue weighted by Gasteiger charge is 2.06. The maximum Gasteiger partial charge on any atom is 0.132 e. The SMILES string of the molecule is F/C(=C/c1ccccc1Cl)c1ccccc1Cl. The van der Waals surface area contributed by atoms with Crippen molar-refractivity contribution in [2.24, 2.45) is 0 Å². The summed E-state index contributed by atoms with van der Waals surface area (Å²) in [7, 11) is 0. The molecule has 0 radical (unpaired) electrons. The number of halogens is 3. The molecule has 0 saturated carbocycles. The van der Waals surface area contributed by atoms with Gasteiger partial charge in [-0.1, -0.05) is 59.6 Å². The summed E-state index contributed by atoms with van der Waals surface area (Å²) in [6, 6.07) is 13.8. The first-order chi connectivity index (χ1) is 8.18. The third kappa shape index (κ3) is 2.87. The van der Waals surface area contributed by atoms with Gasteiger partial charge in [0.25, 0.3) is 0 Å². The summed E-state index contributed by atoms with van der Waals surface area (Å²) in [6.07, 6.45) is 1.38. The van der Waals surface area contributed by atoms with Crippen LogP contribution in [0, 0.1) is 0 Å². The molecule has 0 unspecified atom stereocenters. The van der Waals surface area contributed by atoms with Crippen LogP contribution in [0.2, 0.25) is 10.0 Å². The van der Waals surface area contributed by atoms with Crippen LogP contribution in [-0.2, 0) is 0 Å². The second-order valence-corrected chi connectivity index (χ2v) is 4.31. The van der Waals surface area contributed by atoms with Gasteiger partial charge < -0.3 is 0 Å². The minimum atomic E-state index is -0.399. The third-order valence-electron chi connectivity index (χ3n) is 2.32. The first-order valence-electron chi connectivity index (χ1n) is 5.05. The van der Waals surface area contributed by atoms with Crippen LogP contribution in [0.3, 0.4) is 0 Å². The lowest BCUT2D eigenvalue weighted by atomic mass is 10.1. The molecule has 0 aliphatic rings. The van der Waals surface area contributed by atoms with E-state index in [1.165, 1.54) is 6.08 Å². The molecule has 0 aliphatic heterocycles. The van der Waals surface area contributed by atoms with Gasteiger partial charge in [-0.2, -0.15) is 0 Å². The van der Waals surface area contributed by atoms with Crippen molar-refractivity contribution in [1.82, 2.24) is 0 Å². The molecule has 0 saturated heterocycles. The Balaban J connectivity index is 2.42. The van der Waals surface area contributed by atoms with Gasteiger partial charge in [-0.05, 0) is 23.8 Å². The summed E-state index contributed by atoms with van der Waals surface area (Å²) in [5, 5.41) is 0.892. The lowest BCUT2D eigenvalue weighted by molar-refractivity contribution is 0.765. The highest BCUT2D eigenvalue weighted by atomic mass is 35.5. The molecule has 0 bridgehead atoms. The van der Waals surface area contributed by atoms with Gasteiger partial charge in [-0.3, -0.25) is 0 Å². The Morgan fingerprint density at radius 1 is 0.882 bits per heavy atom. The molecule has 0 N–H and O–H groups in total. The fourth-order valence-electron chi connectivity index (χ4n) is 1.46. The van der Waals surface area contributed by atoms with E-state index in [0.29, 0.717) is 21.2 Å². The van der Waals surface area contributed by atoms with Crippen molar-refractivity contribution in [3.63, 3.8) is 0 Å². The molecule has 0 heterocycles. The molecule has 0 spiro atoms. The third-order valence-corrected chi connectivity index (χ3v) is 2.99. The number of rotatable bonds is 2. The molecule has 2 aromatic rings. The molecule has 86 valence electrons. The largest absolute Gasteiger partial charge is 0.206 e. The maximum atomic E-state index is 14.0. The van der Waals surface area contributed by atoms with Crippen LogP contribution in [0.1, 0.15) is 11.1 Å². The van der Waals surface area contributed by atoms with Crippen LogP contribution in [0.25, 0.3) is 11.9 Å². The van der Waals surface area contributed by atoms with Crippen molar-refractivity contribution in [1.29, 1.82) is 0 Å². The van der Waals surface area contributed by atoms with E-state index < -0.39 is 5.83 Å². The van der Waals surface area contributed by atoms with Crippen LogP contribution in [0.5, 0.6) is 0 Å². The molecule has 2 aromatic carbocycles. The number of hydrogen-bond donors (Lipinski definition) is 0. The van der Waals surface area contributed by atoms with Crippen molar-refractivity contribution in [3.05, 3.63) is 69.7 Å². The van der Waals surface area contributed by atoms with Crippen LogP contribution in [0.15, 0.2) is 48.5 Å². The number of hydrogen-bond acceptors (Lipinski definition) is 0. The molecular formula is C14H9Cl2F. The van der Waals surface area contributed by atoms with E-state index in [1.54, 1.807) is 48.5 Å². The standard InChI is InChI=1S/C14H9Cl2F/c15-12-7-3-1-5-10(12)9-14(17)11-6-2-4-8-13(11)16/h1-9H/b14-9+. The fourth-order valence-corrected chi connectivity index (χ4v) is 1.88. The Hall–Kier alpha value is -1.31. The van der Waals surface area contributed by atoms with E-state index in [-0.39, 0.29) is 0 Å². The van der Waals surface area contributed by atoms with Gasteiger partial charge in [0.05, 0.1) is 5.02 Å². The van der Waals surface area contributed by atoms with E-state index >= 15 is 0 Å². The van der Waals surface area contributed by atoms with Gasteiger partial charge in [-0.15, -0.1) is 0 Å². The van der Waals surface area contributed by atoms with E-state index in [0.717, 1.165) is 0 Å². The molecule has 2 rings (SSSR count). The lowest BCUT2D eigenvalue weighted by Crippen LogP contribution is -1.81. The summed E-state index contributed by atoms with van der Waals surface area (Å²) in [4.78, 5) is 0. The monoisotopic (exact) mass is 266 g/mol. The van der Waals surface area contributed by atoms with Crippen molar-refractivity contribution >= 4 is 35.1 Å². The minimum Gasteiger partial charge on any atom is -0.206 e. The summed E-state index contributed by atoms with van der Waals surface area (Å²) in [5.41, 5.74) is 1.00. The lowest BCUT2D eigenvalue weighted by Gasteiger charge is -2.02. The predicted molar refractivity (Wildman–Crippen MR) is 71.9 cm³/mol. The second kappa shape index (κ2) is 5.35. The van der Waals surface area contributed by atoms with E-state index in [9.17, 15) is 4.39 Å². The molecule has 0 atom stereocenters. The first kappa shape index (κ1) is 12.2. The minimum absolute atomic E-state index is 0.370. The normalized spacial score (nSPS) is 11.6. The molecule has 0 fully saturated rings. The average molecular weight is 267 g/mol. The highest BCUT2D eigenvalue weighted by molar-refractivity contribution is 6.33. The molecular weight excluding hydrogens is 258 g/mol. The van der Waals surface area contributed by atoms with E-state index in [4.69, 9.17) is 23.2 Å². The average Bonchev–Trinajstić information content (AvgIpc) is 2.32. The zero-order chi connectivity index (χ0) is 12.3. The molecule has 0 nitrogen and oxygen atoms in total. The van der Waals surface area contributed by atoms with Gasteiger partial charge in [0.2, 0.25) is 0 Å². The van der Waals surface area contributed by atoms with Gasteiger partial charge >= 0.3 is 0 Å². The highest BCUT2D eigenvalue weighted by Crippen LogP contribution is 2.28. The van der Waals surface area contributed by atoms with Gasteiger partial charge in [0.15, 0.2) is 0 Å². The molecule has 0 aliphatic carbocycles. The zero-order valence-corrected chi connectivity index (χ0v) is 10.3. The summed E-state index contributed by atoms with van der Waals surface area (Å²) < 4.78 is 14.0. The van der Waals surface area contributed by atoms with Crippen LogP contribution in [-0.4, -0.2) is 0 Å². The van der Waals surface area contributed by atoms with E-state index in [1.807, 2.05) is 0 Å². The smallest absolute Gasteiger partial charge is 0.132 e. The zero-order valence-electron chi connectivity index (χ0n) is 8.83. The van der Waals surface area contributed by atoms with Gasteiger partial charge in [0, 0.05) is 10.6 Å². The second-order valence-electron chi connectivity index (χ2n) is 3.49. The Bertz CT molecular complexity index is 562. The Kier molecular flexibility index (Phi) is 3.82.